The van der Waals surface area contributed by atoms with Gasteiger partial charge in [0, 0.05) is 0 Å². The largest absolute Gasteiger partial charge is 0.405 e. The summed E-state index contributed by atoms with van der Waals surface area (Å²) < 4.78 is 0. The van der Waals surface area contributed by atoms with Crippen LogP contribution in [0, 0.1) is 0 Å². The Hall–Kier alpha value is -0.170. The van der Waals surface area contributed by atoms with E-state index in [9.17, 15) is 0 Å². The second kappa shape index (κ2) is 8.85. The lowest BCUT2D eigenvalue weighted by atomic mass is 10.5. The zero-order chi connectivity index (χ0) is 4.12. The first kappa shape index (κ1) is 9.27. The fourth-order valence-electron chi connectivity index (χ4n) is 0.136. The molecular weight excluding hydrogens is 97.5 g/mol. The van der Waals surface area contributed by atoms with Gasteiger partial charge in [-0.25, -0.2) is 0 Å². The van der Waals surface area contributed by atoms with Crippen LogP contribution in [-0.4, -0.2) is 0 Å². The normalized spacial score (nSPS) is 8.17. The van der Waals surface area contributed by atoms with E-state index in [2.05, 4.69) is 0 Å². The Balaban J connectivity index is 0. The van der Waals surface area contributed by atoms with Crippen LogP contribution in [0.15, 0.2) is 12.3 Å². The average Bonchev–Trinajstić information content (AvgIpc) is 1.41. The molecule has 0 spiro atoms. The lowest BCUT2D eigenvalue weighted by Gasteiger charge is -1.66. The first-order valence-electron chi connectivity index (χ1n) is 1.78. The molecule has 38 valence electrons. The summed E-state index contributed by atoms with van der Waals surface area (Å²) in [4.78, 5) is 0. The summed E-state index contributed by atoms with van der Waals surface area (Å²) in [6.45, 7) is 2.04. The van der Waals surface area contributed by atoms with Crippen LogP contribution in [0.5, 0.6) is 0 Å². The van der Waals surface area contributed by atoms with Gasteiger partial charge in [0.15, 0.2) is 0 Å². The van der Waals surface area contributed by atoms with E-state index in [-0.39, 0.29) is 12.4 Å². The van der Waals surface area contributed by atoms with Crippen molar-refractivity contribution in [1.82, 2.24) is 0 Å². The summed E-state index contributed by atoms with van der Waals surface area (Å²) >= 11 is 0. The second-order valence-electron chi connectivity index (χ2n) is 0.836. The molecule has 0 aromatic carbocycles. The highest BCUT2D eigenvalue weighted by Gasteiger charge is 1.52. The van der Waals surface area contributed by atoms with Crippen molar-refractivity contribution in [2.24, 2.45) is 5.73 Å². The molecule has 0 rings (SSSR count). The number of hydrogen-bond donors (Lipinski definition) is 1. The van der Waals surface area contributed by atoms with Gasteiger partial charge in [0.2, 0.25) is 0 Å². The Bertz CT molecular complexity index is 34.5. The van der Waals surface area contributed by atoms with Crippen LogP contribution in [-0.2, 0) is 0 Å². The molecule has 0 saturated carbocycles. The van der Waals surface area contributed by atoms with Gasteiger partial charge in [0.1, 0.15) is 0 Å². The van der Waals surface area contributed by atoms with Crippen molar-refractivity contribution in [2.75, 3.05) is 0 Å². The van der Waals surface area contributed by atoms with Gasteiger partial charge in [-0.2, -0.15) is 0 Å². The van der Waals surface area contributed by atoms with E-state index in [4.69, 9.17) is 5.73 Å². The molecule has 0 bridgehead atoms. The molecule has 2 N–H and O–H groups in total. The van der Waals surface area contributed by atoms with E-state index >= 15 is 0 Å². The molecule has 1 nitrogen and oxygen atoms in total. The number of nitrogens with two attached hydrogens (primary N) is 1. The van der Waals surface area contributed by atoms with Crippen molar-refractivity contribution in [3.63, 3.8) is 0 Å². The zero-order valence-corrected chi connectivity index (χ0v) is 4.66. The summed E-state index contributed by atoms with van der Waals surface area (Å²) in [7, 11) is 0. The molecule has 0 aromatic heterocycles. The fraction of sp³-hybridized carbons (Fsp3) is 0.500. The van der Waals surface area contributed by atoms with Crippen LogP contribution in [0.3, 0.4) is 0 Å². The van der Waals surface area contributed by atoms with Gasteiger partial charge >= 0.3 is 0 Å². The lowest BCUT2D eigenvalue weighted by molar-refractivity contribution is 1.21. The van der Waals surface area contributed by atoms with Crippen LogP contribution >= 0.6 is 12.4 Å². The summed E-state index contributed by atoms with van der Waals surface area (Å²) in [6.07, 6.45) is 4.50. The molecule has 0 amide bonds. The highest BCUT2D eigenvalue weighted by Crippen LogP contribution is 1.69. The Morgan fingerprint density at radius 1 is 1.67 bits per heavy atom. The van der Waals surface area contributed by atoms with Crippen LogP contribution in [0.1, 0.15) is 13.3 Å². The van der Waals surface area contributed by atoms with Gasteiger partial charge in [-0.05, 0) is 12.6 Å². The first-order chi connectivity index (χ1) is 2.41. The third-order valence-corrected chi connectivity index (χ3v) is 0.372. The predicted molar refractivity (Wildman–Crippen MR) is 30.9 cm³/mol. The zero-order valence-electron chi connectivity index (χ0n) is 3.85. The molecule has 0 aliphatic carbocycles. The fourth-order valence-corrected chi connectivity index (χ4v) is 0.136. The SMILES string of the molecule is CCC=CN.Cl. The number of rotatable bonds is 1. The highest BCUT2D eigenvalue weighted by molar-refractivity contribution is 5.85. The smallest absolute Gasteiger partial charge is 0.0103 e. The second-order valence-corrected chi connectivity index (χ2v) is 0.836. The van der Waals surface area contributed by atoms with E-state index in [0.717, 1.165) is 6.42 Å². The molecule has 6 heavy (non-hydrogen) atoms. The molecule has 2 heteroatoms. The number of hydrogen-bond acceptors (Lipinski definition) is 1. The molecule has 0 unspecified atom stereocenters. The third kappa shape index (κ3) is 9.16. The molecule has 0 atom stereocenters. The van der Waals surface area contributed by atoms with E-state index in [0.29, 0.717) is 0 Å². The molecule has 0 aliphatic heterocycles. The molecule has 0 fully saturated rings. The van der Waals surface area contributed by atoms with Crippen molar-refractivity contribution in [1.29, 1.82) is 0 Å². The van der Waals surface area contributed by atoms with E-state index in [1.54, 1.807) is 6.20 Å². The van der Waals surface area contributed by atoms with E-state index in [1.807, 2.05) is 13.0 Å². The van der Waals surface area contributed by atoms with Crippen molar-refractivity contribution >= 4 is 12.4 Å². The Morgan fingerprint density at radius 2 is 2.17 bits per heavy atom. The standard InChI is InChI=1S/C4H9N.ClH/c1-2-3-4-5;/h3-4H,2,5H2,1H3;1H. The summed E-state index contributed by atoms with van der Waals surface area (Å²) in [5, 5.41) is 0. The first-order valence-corrected chi connectivity index (χ1v) is 1.78. The monoisotopic (exact) mass is 107 g/mol. The van der Waals surface area contributed by atoms with E-state index in [1.165, 1.54) is 0 Å². The minimum atomic E-state index is 0. The summed E-state index contributed by atoms with van der Waals surface area (Å²) in [6, 6.07) is 0. The van der Waals surface area contributed by atoms with Gasteiger partial charge in [-0.1, -0.05) is 13.0 Å². The predicted octanol–water partition coefficient (Wildman–Crippen LogP) is 1.29. The number of allylic oxidation sites excluding steroid dienone is 1. The van der Waals surface area contributed by atoms with Crippen molar-refractivity contribution < 1.29 is 0 Å². The van der Waals surface area contributed by atoms with Crippen molar-refractivity contribution in [3.05, 3.63) is 12.3 Å². The average molecular weight is 108 g/mol. The lowest BCUT2D eigenvalue weighted by Crippen LogP contribution is -1.72. The van der Waals surface area contributed by atoms with Gasteiger partial charge < -0.3 is 5.73 Å². The molecule has 0 heterocycles. The van der Waals surface area contributed by atoms with Gasteiger partial charge in [0.05, 0.1) is 0 Å². The molecular formula is C4H10ClN. The Morgan fingerprint density at radius 3 is 2.17 bits per heavy atom. The molecule has 0 radical (unpaired) electrons. The quantitative estimate of drug-likeness (QED) is 0.537. The maximum atomic E-state index is 4.96. The van der Waals surface area contributed by atoms with Gasteiger partial charge in [-0.15, -0.1) is 12.4 Å². The molecule has 0 aliphatic rings. The van der Waals surface area contributed by atoms with Crippen molar-refractivity contribution in [3.8, 4) is 0 Å². The van der Waals surface area contributed by atoms with Crippen LogP contribution in [0.2, 0.25) is 0 Å². The van der Waals surface area contributed by atoms with Crippen LogP contribution in [0.25, 0.3) is 0 Å². The topological polar surface area (TPSA) is 26.0 Å². The maximum absolute atomic E-state index is 4.96. The summed E-state index contributed by atoms with van der Waals surface area (Å²) in [5.41, 5.74) is 4.96. The Kier molecular flexibility index (Phi) is 13.7. The minimum absolute atomic E-state index is 0. The third-order valence-electron chi connectivity index (χ3n) is 0.372. The molecule has 0 saturated heterocycles. The highest BCUT2D eigenvalue weighted by atomic mass is 35.5. The minimum Gasteiger partial charge on any atom is -0.405 e. The van der Waals surface area contributed by atoms with Gasteiger partial charge in [0.25, 0.3) is 0 Å². The molecule has 0 aromatic rings. The van der Waals surface area contributed by atoms with Crippen molar-refractivity contribution in [2.45, 2.75) is 13.3 Å². The Labute approximate surface area is 44.6 Å². The number of halogens is 1. The maximum Gasteiger partial charge on any atom is -0.0103 e. The van der Waals surface area contributed by atoms with Crippen LogP contribution in [0.4, 0.5) is 0 Å². The van der Waals surface area contributed by atoms with Crippen LogP contribution < -0.4 is 5.73 Å². The summed E-state index contributed by atoms with van der Waals surface area (Å²) in [5.74, 6) is 0. The van der Waals surface area contributed by atoms with E-state index < -0.39 is 0 Å². The van der Waals surface area contributed by atoms with Gasteiger partial charge in [-0.3, -0.25) is 0 Å².